The van der Waals surface area contributed by atoms with Crippen molar-refractivity contribution in [1.82, 2.24) is 15.1 Å². The van der Waals surface area contributed by atoms with E-state index in [1.807, 2.05) is 11.6 Å². The summed E-state index contributed by atoms with van der Waals surface area (Å²) < 4.78 is 3.11. The minimum absolute atomic E-state index is 0.386. The minimum atomic E-state index is -0.386. The summed E-state index contributed by atoms with van der Waals surface area (Å²) in [5.41, 5.74) is 1.79. The summed E-state index contributed by atoms with van der Waals surface area (Å²) >= 11 is 3.54. The lowest BCUT2D eigenvalue weighted by atomic mass is 9.92. The van der Waals surface area contributed by atoms with E-state index in [0.29, 0.717) is 0 Å². The van der Waals surface area contributed by atoms with Crippen molar-refractivity contribution in [3.63, 3.8) is 0 Å². The minimum Gasteiger partial charge on any atom is -0.299 e. The number of aryl methyl sites for hydroxylation is 2. The first kappa shape index (κ1) is 17.2. The first-order valence-corrected chi connectivity index (χ1v) is 8.14. The highest BCUT2D eigenvalue weighted by molar-refractivity contribution is 9.10. The Labute approximate surface area is 130 Å². The Bertz CT molecular complexity index is 475. The van der Waals surface area contributed by atoms with Gasteiger partial charge in [0.25, 0.3) is 0 Å². The van der Waals surface area contributed by atoms with Gasteiger partial charge in [0.05, 0.1) is 16.2 Å². The van der Waals surface area contributed by atoms with Crippen molar-refractivity contribution >= 4 is 15.9 Å². The van der Waals surface area contributed by atoms with Gasteiger partial charge in [-0.3, -0.25) is 10.00 Å². The monoisotopic (exact) mass is 340 g/mol. The molecule has 1 rings (SSSR count). The van der Waals surface area contributed by atoms with E-state index in [9.17, 15) is 5.26 Å². The summed E-state index contributed by atoms with van der Waals surface area (Å²) in [6.07, 6.45) is 3.70. The average molecular weight is 341 g/mol. The molecule has 1 aromatic rings. The first-order chi connectivity index (χ1) is 9.49. The van der Waals surface area contributed by atoms with Gasteiger partial charge >= 0.3 is 0 Å². The topological polar surface area (TPSA) is 53.6 Å². The number of nitriles is 1. The van der Waals surface area contributed by atoms with E-state index in [0.717, 1.165) is 54.6 Å². The van der Waals surface area contributed by atoms with E-state index in [-0.39, 0.29) is 5.54 Å². The summed E-state index contributed by atoms with van der Waals surface area (Å²) in [7, 11) is 0. The van der Waals surface area contributed by atoms with Crippen LogP contribution < -0.4 is 5.32 Å². The van der Waals surface area contributed by atoms with Crippen LogP contribution in [0.5, 0.6) is 0 Å². The number of halogens is 1. The van der Waals surface area contributed by atoms with Crippen molar-refractivity contribution < 1.29 is 0 Å². The van der Waals surface area contributed by atoms with Crippen LogP contribution in [-0.2, 0) is 6.54 Å². The molecule has 0 radical (unpaired) electrons. The molecule has 1 aromatic heterocycles. The summed E-state index contributed by atoms with van der Waals surface area (Å²) in [6.45, 7) is 10.0. The third-order valence-corrected chi connectivity index (χ3v) is 4.95. The van der Waals surface area contributed by atoms with Gasteiger partial charge in [0.1, 0.15) is 5.54 Å². The molecule has 0 aliphatic heterocycles. The zero-order chi connectivity index (χ0) is 15.2. The molecule has 1 atom stereocenters. The third-order valence-electron chi connectivity index (χ3n) is 3.80. The maximum Gasteiger partial charge on any atom is 0.106 e. The molecular weight excluding hydrogens is 316 g/mol. The second-order valence-corrected chi connectivity index (χ2v) is 6.08. The van der Waals surface area contributed by atoms with Gasteiger partial charge in [-0.2, -0.15) is 10.4 Å². The number of hydrogen-bond donors (Lipinski definition) is 1. The molecular formula is C15H25BrN4. The van der Waals surface area contributed by atoms with Crippen molar-refractivity contribution in [2.24, 2.45) is 0 Å². The van der Waals surface area contributed by atoms with Gasteiger partial charge in [0.2, 0.25) is 0 Å². The maximum absolute atomic E-state index is 9.46. The highest BCUT2D eigenvalue weighted by Crippen LogP contribution is 2.22. The SMILES string of the molecule is CCCNC(C#N)(CC)CCCn1nc(C)c(Br)c1C. The number of aromatic nitrogens is 2. The maximum atomic E-state index is 9.46. The molecule has 20 heavy (non-hydrogen) atoms. The van der Waals surface area contributed by atoms with E-state index in [4.69, 9.17) is 0 Å². The number of nitrogens with zero attached hydrogens (tertiary/aromatic N) is 3. The summed E-state index contributed by atoms with van der Waals surface area (Å²) in [5.74, 6) is 0. The van der Waals surface area contributed by atoms with Crippen molar-refractivity contribution in [2.45, 2.75) is 65.5 Å². The molecule has 112 valence electrons. The van der Waals surface area contributed by atoms with Crippen LogP contribution in [0.4, 0.5) is 0 Å². The average Bonchev–Trinajstić information content (AvgIpc) is 2.70. The van der Waals surface area contributed by atoms with Gasteiger partial charge < -0.3 is 0 Å². The number of nitrogens with one attached hydrogen (secondary N) is 1. The fourth-order valence-electron chi connectivity index (χ4n) is 2.35. The molecule has 0 amide bonds. The number of rotatable bonds is 8. The van der Waals surface area contributed by atoms with Gasteiger partial charge in [-0.1, -0.05) is 13.8 Å². The molecule has 5 heteroatoms. The van der Waals surface area contributed by atoms with Crippen molar-refractivity contribution in [2.75, 3.05) is 6.54 Å². The Morgan fingerprint density at radius 1 is 1.40 bits per heavy atom. The molecule has 0 saturated heterocycles. The summed E-state index contributed by atoms with van der Waals surface area (Å²) in [5, 5.41) is 17.4. The molecule has 0 fully saturated rings. The summed E-state index contributed by atoms with van der Waals surface area (Å²) in [6, 6.07) is 2.47. The van der Waals surface area contributed by atoms with Crippen LogP contribution in [0.25, 0.3) is 0 Å². The van der Waals surface area contributed by atoms with Gasteiger partial charge in [0.15, 0.2) is 0 Å². The first-order valence-electron chi connectivity index (χ1n) is 7.35. The van der Waals surface area contributed by atoms with Gasteiger partial charge in [-0.25, -0.2) is 0 Å². The van der Waals surface area contributed by atoms with Crippen molar-refractivity contribution in [1.29, 1.82) is 5.26 Å². The predicted octanol–water partition coefficient (Wildman–Crippen LogP) is 3.71. The van der Waals surface area contributed by atoms with Crippen LogP contribution in [0.2, 0.25) is 0 Å². The standard InChI is InChI=1S/C15H25BrN4/c1-5-9-18-15(6-2,11-17)8-7-10-20-13(4)14(16)12(3)19-20/h18H,5-10H2,1-4H3. The molecule has 0 aromatic carbocycles. The van der Waals surface area contributed by atoms with Crippen molar-refractivity contribution in [3.05, 3.63) is 15.9 Å². The fraction of sp³-hybridized carbons (Fsp3) is 0.733. The Morgan fingerprint density at radius 3 is 2.55 bits per heavy atom. The van der Waals surface area contributed by atoms with Crippen LogP contribution in [0.3, 0.4) is 0 Å². The molecule has 1 heterocycles. The molecule has 1 N–H and O–H groups in total. The molecule has 4 nitrogen and oxygen atoms in total. The Kier molecular flexibility index (Phi) is 6.70. The molecule has 0 spiro atoms. The zero-order valence-electron chi connectivity index (χ0n) is 13.0. The lowest BCUT2D eigenvalue weighted by Crippen LogP contribution is -2.44. The largest absolute Gasteiger partial charge is 0.299 e. The zero-order valence-corrected chi connectivity index (χ0v) is 14.5. The van der Waals surface area contributed by atoms with Crippen LogP contribution in [0.15, 0.2) is 4.47 Å². The Balaban J connectivity index is 2.60. The highest BCUT2D eigenvalue weighted by atomic mass is 79.9. The highest BCUT2D eigenvalue weighted by Gasteiger charge is 2.26. The lowest BCUT2D eigenvalue weighted by molar-refractivity contribution is 0.351. The fourth-order valence-corrected chi connectivity index (χ4v) is 2.64. The predicted molar refractivity (Wildman–Crippen MR) is 85.6 cm³/mol. The van der Waals surface area contributed by atoms with E-state index < -0.39 is 0 Å². The second-order valence-electron chi connectivity index (χ2n) is 5.29. The number of hydrogen-bond acceptors (Lipinski definition) is 3. The molecule has 0 aliphatic rings. The van der Waals surface area contributed by atoms with Crippen LogP contribution in [0.1, 0.15) is 50.9 Å². The lowest BCUT2D eigenvalue weighted by Gasteiger charge is -2.26. The smallest absolute Gasteiger partial charge is 0.106 e. The van der Waals surface area contributed by atoms with E-state index >= 15 is 0 Å². The normalized spacial score (nSPS) is 14.0. The van der Waals surface area contributed by atoms with Gasteiger partial charge in [-0.15, -0.1) is 0 Å². The second kappa shape index (κ2) is 7.80. The molecule has 0 saturated carbocycles. The van der Waals surface area contributed by atoms with Gasteiger partial charge in [0, 0.05) is 12.2 Å². The van der Waals surface area contributed by atoms with Crippen molar-refractivity contribution in [3.8, 4) is 6.07 Å². The van der Waals surface area contributed by atoms with Crippen LogP contribution in [0, 0.1) is 25.2 Å². The quantitative estimate of drug-likeness (QED) is 0.784. The third kappa shape index (κ3) is 4.07. The van der Waals surface area contributed by atoms with E-state index in [2.05, 4.69) is 53.2 Å². The van der Waals surface area contributed by atoms with Crippen LogP contribution in [-0.4, -0.2) is 21.9 Å². The summed E-state index contributed by atoms with van der Waals surface area (Å²) in [4.78, 5) is 0. The van der Waals surface area contributed by atoms with Crippen LogP contribution >= 0.6 is 15.9 Å². The molecule has 1 unspecified atom stereocenters. The Hall–Kier alpha value is -0.860. The van der Waals surface area contributed by atoms with E-state index in [1.165, 1.54) is 0 Å². The Morgan fingerprint density at radius 2 is 2.10 bits per heavy atom. The van der Waals surface area contributed by atoms with E-state index in [1.54, 1.807) is 0 Å². The van der Waals surface area contributed by atoms with Gasteiger partial charge in [-0.05, 0) is 62.0 Å². The molecule has 0 aliphatic carbocycles. The molecule has 0 bridgehead atoms.